The Bertz CT molecular complexity index is 1160. The topological polar surface area (TPSA) is 73.8 Å². The molecule has 3 rings (SSSR count). The van der Waals surface area contributed by atoms with Gasteiger partial charge in [-0.05, 0) is 49.7 Å². The van der Waals surface area contributed by atoms with Gasteiger partial charge < -0.3 is 4.90 Å². The van der Waals surface area contributed by atoms with Crippen molar-refractivity contribution in [3.8, 4) is 0 Å². The van der Waals surface area contributed by atoms with Crippen LogP contribution in [0.4, 0.5) is 24.7 Å². The van der Waals surface area contributed by atoms with E-state index in [1.807, 2.05) is 0 Å². The number of carbonyl (C=O) groups excluding carboxylic acids is 1. The predicted molar refractivity (Wildman–Crippen MR) is 116 cm³/mol. The number of halogens is 4. The van der Waals surface area contributed by atoms with Crippen LogP contribution in [0.3, 0.4) is 0 Å². The summed E-state index contributed by atoms with van der Waals surface area (Å²) in [5.41, 5.74) is 0.119. The minimum absolute atomic E-state index is 0.0205. The number of aromatic nitrogens is 1. The van der Waals surface area contributed by atoms with Gasteiger partial charge in [-0.25, -0.2) is 9.29 Å². The van der Waals surface area contributed by atoms with Gasteiger partial charge in [-0.15, -0.1) is 0 Å². The molecule has 0 aliphatic carbocycles. The molecule has 0 spiro atoms. The highest BCUT2D eigenvalue weighted by molar-refractivity contribution is 7.90. The largest absolute Gasteiger partial charge is 0.416 e. The molecule has 12 heteroatoms. The van der Waals surface area contributed by atoms with Gasteiger partial charge in [-0.2, -0.15) is 25.9 Å². The summed E-state index contributed by atoms with van der Waals surface area (Å²) >= 11 is 6.04. The van der Waals surface area contributed by atoms with E-state index in [-0.39, 0.29) is 18.8 Å². The Kier molecular flexibility index (Phi) is 6.47. The third-order valence-electron chi connectivity index (χ3n) is 5.22. The molecular weight excluding hydrogens is 469 g/mol. The predicted octanol–water partition coefficient (Wildman–Crippen LogP) is 3.79. The second kappa shape index (κ2) is 8.53. The molecule has 1 aromatic heterocycles. The third-order valence-corrected chi connectivity index (χ3v) is 7.65. The van der Waals surface area contributed by atoms with Crippen molar-refractivity contribution in [3.63, 3.8) is 0 Å². The zero-order chi connectivity index (χ0) is 24.0. The van der Waals surface area contributed by atoms with E-state index in [4.69, 9.17) is 11.6 Å². The number of amides is 1. The lowest BCUT2D eigenvalue weighted by Gasteiger charge is -2.27. The van der Waals surface area contributed by atoms with Crippen LogP contribution in [0, 0.1) is 13.8 Å². The zero-order valence-corrected chi connectivity index (χ0v) is 19.4. The molecule has 174 valence electrons. The molecule has 1 aromatic carbocycles. The van der Waals surface area contributed by atoms with Gasteiger partial charge in [0.2, 0.25) is 0 Å². The van der Waals surface area contributed by atoms with Gasteiger partial charge in [0.05, 0.1) is 5.56 Å². The number of carbonyl (C=O) groups is 1. The minimum atomic E-state index is -4.70. The Morgan fingerprint density at radius 3 is 2.47 bits per heavy atom. The molecule has 0 saturated carbocycles. The fraction of sp³-hybridized carbons (Fsp3) is 0.400. The number of aryl methyl sites for hydroxylation is 2. The summed E-state index contributed by atoms with van der Waals surface area (Å²) < 4.78 is 68.0. The molecule has 2 heterocycles. The van der Waals surface area contributed by atoms with E-state index >= 15 is 0 Å². The van der Waals surface area contributed by atoms with Gasteiger partial charge in [-0.1, -0.05) is 18.5 Å². The van der Waals surface area contributed by atoms with Crippen LogP contribution in [0.25, 0.3) is 0 Å². The highest BCUT2D eigenvalue weighted by Gasteiger charge is 2.49. The van der Waals surface area contributed by atoms with Crippen LogP contribution in [0.15, 0.2) is 30.3 Å². The second-order valence-electron chi connectivity index (χ2n) is 7.45. The van der Waals surface area contributed by atoms with Gasteiger partial charge >= 0.3 is 16.4 Å². The van der Waals surface area contributed by atoms with E-state index in [9.17, 15) is 26.4 Å². The Balaban J connectivity index is 2.09. The van der Waals surface area contributed by atoms with Crippen LogP contribution in [0.2, 0.25) is 5.02 Å². The first kappa shape index (κ1) is 24.3. The molecule has 0 unspecified atom stereocenters. The maximum absolute atomic E-state index is 13.4. The number of alkyl halides is 3. The van der Waals surface area contributed by atoms with Gasteiger partial charge in [0, 0.05) is 36.5 Å². The van der Waals surface area contributed by atoms with Gasteiger partial charge in [0.1, 0.15) is 11.9 Å². The molecule has 0 bridgehead atoms. The molecule has 32 heavy (non-hydrogen) atoms. The molecule has 1 fully saturated rings. The molecule has 1 aliphatic rings. The highest BCUT2D eigenvalue weighted by atomic mass is 35.5. The number of pyridine rings is 1. The summed E-state index contributed by atoms with van der Waals surface area (Å²) in [6.45, 7) is 4.50. The molecule has 0 N–H and O–H groups in total. The lowest BCUT2D eigenvalue weighted by molar-refractivity contribution is -0.137. The molecular formula is C20H22ClF3N4O3S. The zero-order valence-electron chi connectivity index (χ0n) is 17.8. The molecule has 0 radical (unpaired) electrons. The Morgan fingerprint density at radius 2 is 1.91 bits per heavy atom. The minimum Gasteiger partial charge on any atom is -0.314 e. The van der Waals surface area contributed by atoms with Crippen molar-refractivity contribution in [1.82, 2.24) is 9.29 Å². The molecule has 1 aliphatic heterocycles. The van der Waals surface area contributed by atoms with Crippen LogP contribution in [0.1, 0.15) is 23.7 Å². The maximum atomic E-state index is 13.4. The van der Waals surface area contributed by atoms with Crippen molar-refractivity contribution in [2.24, 2.45) is 0 Å². The van der Waals surface area contributed by atoms with E-state index in [1.165, 1.54) is 18.9 Å². The number of likely N-dealkylation sites (N-methyl/N-ethyl adjacent to an activating group) is 2. The summed E-state index contributed by atoms with van der Waals surface area (Å²) in [6, 6.07) is 5.05. The van der Waals surface area contributed by atoms with Gasteiger partial charge in [-0.3, -0.25) is 4.79 Å². The van der Waals surface area contributed by atoms with Crippen molar-refractivity contribution < 1.29 is 26.4 Å². The summed E-state index contributed by atoms with van der Waals surface area (Å²) in [7, 11) is -2.80. The second-order valence-corrected chi connectivity index (χ2v) is 9.67. The van der Waals surface area contributed by atoms with E-state index in [2.05, 4.69) is 4.98 Å². The van der Waals surface area contributed by atoms with Crippen LogP contribution in [0.5, 0.6) is 0 Å². The number of nitrogens with zero attached hydrogens (tertiary/aromatic N) is 4. The lowest BCUT2D eigenvalue weighted by atomic mass is 10.1. The normalized spacial score (nSPS) is 18.8. The van der Waals surface area contributed by atoms with Crippen molar-refractivity contribution in [3.05, 3.63) is 52.2 Å². The van der Waals surface area contributed by atoms with Crippen LogP contribution >= 0.6 is 11.6 Å². The first-order valence-corrected chi connectivity index (χ1v) is 11.4. The molecule has 1 amide bonds. The molecule has 7 nitrogen and oxygen atoms in total. The fourth-order valence-corrected chi connectivity index (χ4v) is 5.34. The van der Waals surface area contributed by atoms with Crippen molar-refractivity contribution >= 4 is 39.2 Å². The summed E-state index contributed by atoms with van der Waals surface area (Å²) in [5, 5.41) is 0.500. The van der Waals surface area contributed by atoms with Gasteiger partial charge in [0.25, 0.3) is 5.91 Å². The average molecular weight is 491 g/mol. The van der Waals surface area contributed by atoms with Crippen molar-refractivity contribution in [2.45, 2.75) is 33.0 Å². The smallest absolute Gasteiger partial charge is 0.314 e. The van der Waals surface area contributed by atoms with Gasteiger partial charge in [0.15, 0.2) is 0 Å². The van der Waals surface area contributed by atoms with E-state index in [0.717, 1.165) is 10.4 Å². The summed E-state index contributed by atoms with van der Waals surface area (Å²) in [5.74, 6) is -1.06. The number of rotatable bonds is 4. The molecule has 1 saturated heterocycles. The SMILES string of the molecule is CCN1C[C@@H](C(=O)N(C)c2ccc(Cl)c(C)c2)N(c2cc(C(F)(F)F)cc(C)n2)S1(=O)=O. The first-order valence-electron chi connectivity index (χ1n) is 9.66. The van der Waals surface area contributed by atoms with Crippen LogP contribution in [-0.4, -0.2) is 49.8 Å². The molecule has 1 atom stereocenters. The Hall–Kier alpha value is -2.37. The maximum Gasteiger partial charge on any atom is 0.416 e. The standard InChI is InChI=1S/C20H22ClF3N4O3S/c1-5-27-11-17(19(29)26(4)15-6-7-16(21)12(2)8-15)28(32(27,30)31)18-10-14(20(22,23)24)9-13(3)25-18/h6-10,17H,5,11H2,1-4H3/t17-/m0/s1. The quantitative estimate of drug-likeness (QED) is 0.653. The number of hydrogen-bond acceptors (Lipinski definition) is 4. The third kappa shape index (κ3) is 4.41. The monoisotopic (exact) mass is 490 g/mol. The first-order chi connectivity index (χ1) is 14.8. The number of anilines is 2. The summed E-state index contributed by atoms with van der Waals surface area (Å²) in [6.07, 6.45) is -4.70. The van der Waals surface area contributed by atoms with E-state index in [1.54, 1.807) is 32.0 Å². The van der Waals surface area contributed by atoms with Crippen LogP contribution in [-0.2, 0) is 21.2 Å². The number of benzene rings is 1. The fourth-order valence-electron chi connectivity index (χ4n) is 3.51. The van der Waals surface area contributed by atoms with Crippen molar-refractivity contribution in [1.29, 1.82) is 0 Å². The van der Waals surface area contributed by atoms with Crippen molar-refractivity contribution in [2.75, 3.05) is 29.3 Å². The Morgan fingerprint density at radius 1 is 1.25 bits per heavy atom. The average Bonchev–Trinajstić information content (AvgIpc) is 2.97. The summed E-state index contributed by atoms with van der Waals surface area (Å²) in [4.78, 5) is 18.6. The lowest BCUT2D eigenvalue weighted by Crippen LogP contribution is -2.47. The van der Waals surface area contributed by atoms with Crippen LogP contribution < -0.4 is 9.21 Å². The van der Waals surface area contributed by atoms with E-state index < -0.39 is 39.7 Å². The number of hydrogen-bond donors (Lipinski definition) is 0. The van der Waals surface area contributed by atoms with E-state index in [0.29, 0.717) is 26.6 Å². The molecule has 2 aromatic rings. The Labute approximate surface area is 189 Å². The highest BCUT2D eigenvalue weighted by Crippen LogP contribution is 2.35.